The molecule has 0 saturated carbocycles. The van der Waals surface area contributed by atoms with Crippen LogP contribution in [-0.4, -0.2) is 42.6 Å². The number of hydrogen-bond acceptors (Lipinski definition) is 6. The second-order valence-corrected chi connectivity index (χ2v) is 8.40. The Morgan fingerprint density at radius 2 is 1.62 bits per heavy atom. The van der Waals surface area contributed by atoms with Gasteiger partial charge in [-0.15, -0.1) is 0 Å². The van der Waals surface area contributed by atoms with Gasteiger partial charge in [0.1, 0.15) is 11.8 Å². The van der Waals surface area contributed by atoms with Crippen LogP contribution in [0.1, 0.15) is 29.8 Å². The van der Waals surface area contributed by atoms with E-state index in [1.54, 1.807) is 31.4 Å². The minimum Gasteiger partial charge on any atom is -0.497 e. The molecular weight excluding hydrogens is 408 g/mol. The van der Waals surface area contributed by atoms with E-state index in [9.17, 15) is 19.2 Å². The zero-order valence-electron chi connectivity index (χ0n) is 17.9. The third kappa shape index (κ3) is 2.74. The molecule has 7 nitrogen and oxygen atoms in total. The third-order valence-electron chi connectivity index (χ3n) is 6.66. The van der Waals surface area contributed by atoms with Gasteiger partial charge in [-0.25, -0.2) is 4.90 Å². The topological polar surface area (TPSA) is 84.0 Å². The molecule has 2 saturated heterocycles. The van der Waals surface area contributed by atoms with Crippen molar-refractivity contribution in [3.8, 4) is 5.75 Å². The molecule has 0 aromatic heterocycles. The molecule has 0 N–H and O–H groups in total. The third-order valence-corrected chi connectivity index (χ3v) is 6.66. The number of methoxy groups -OCH3 is 1. The number of benzene rings is 2. The average molecular weight is 430 g/mol. The minimum atomic E-state index is -0.768. The summed E-state index contributed by atoms with van der Waals surface area (Å²) in [5.41, 5.74) is 2.61. The van der Waals surface area contributed by atoms with Crippen LogP contribution in [0, 0.1) is 11.8 Å². The van der Waals surface area contributed by atoms with Gasteiger partial charge < -0.3 is 9.64 Å². The van der Waals surface area contributed by atoms with Crippen molar-refractivity contribution < 1.29 is 23.9 Å². The van der Waals surface area contributed by atoms with Crippen LogP contribution in [0.5, 0.6) is 5.75 Å². The number of carbonyl (C=O) groups excluding carboxylic acids is 4. The number of ketones is 2. The zero-order valence-corrected chi connectivity index (χ0v) is 17.9. The maximum absolute atomic E-state index is 13.5. The highest BCUT2D eigenvalue weighted by atomic mass is 16.5. The largest absolute Gasteiger partial charge is 0.497 e. The summed E-state index contributed by atoms with van der Waals surface area (Å²) < 4.78 is 5.31. The number of Topliss-reactive ketones (excluding diaryl/α,β-unsaturated/α-hetero) is 2. The summed E-state index contributed by atoms with van der Waals surface area (Å²) >= 11 is 0. The van der Waals surface area contributed by atoms with Gasteiger partial charge in [0.05, 0.1) is 30.7 Å². The molecule has 0 aliphatic carbocycles. The van der Waals surface area contributed by atoms with Crippen LogP contribution < -0.4 is 14.5 Å². The molecule has 4 atom stereocenters. The monoisotopic (exact) mass is 430 g/mol. The highest BCUT2D eigenvalue weighted by Gasteiger charge is 2.63. The van der Waals surface area contributed by atoms with E-state index in [2.05, 4.69) is 0 Å². The number of hydrogen-bond donors (Lipinski definition) is 0. The van der Waals surface area contributed by atoms with Gasteiger partial charge in [-0.05, 0) is 56.3 Å². The van der Waals surface area contributed by atoms with Crippen molar-refractivity contribution >= 4 is 40.8 Å². The van der Waals surface area contributed by atoms with Crippen LogP contribution in [0.4, 0.5) is 11.4 Å². The predicted molar refractivity (Wildman–Crippen MR) is 119 cm³/mol. The fourth-order valence-electron chi connectivity index (χ4n) is 5.24. The molecule has 2 aromatic rings. The molecule has 5 rings (SSSR count). The molecule has 2 amide bonds. The Hall–Kier alpha value is -3.74. The first-order valence-corrected chi connectivity index (χ1v) is 10.5. The second kappa shape index (κ2) is 7.15. The molecular formula is C25H22N2O5. The summed E-state index contributed by atoms with van der Waals surface area (Å²) in [6, 6.07) is 10.8. The van der Waals surface area contributed by atoms with E-state index in [0.29, 0.717) is 17.0 Å². The van der Waals surface area contributed by atoms with E-state index in [4.69, 9.17) is 4.74 Å². The summed E-state index contributed by atoms with van der Waals surface area (Å²) in [5.74, 6) is -1.69. The van der Waals surface area contributed by atoms with Gasteiger partial charge >= 0.3 is 0 Å². The van der Waals surface area contributed by atoms with Crippen molar-refractivity contribution in [3.05, 3.63) is 59.7 Å². The van der Waals surface area contributed by atoms with Crippen molar-refractivity contribution in [2.24, 2.45) is 11.8 Å². The standard InChI is InChI=1S/C25H22N2O5/c1-13(28)15-4-7-17(8-5-15)26-24(30)21-20-10-6-16-12-18(32-3)9-11-19(16)27(20)23(14(2)29)22(21)25(26)31/h4-12,20-23H,1-3H3/t20-,21+,22-,23-/m1/s1. The molecule has 3 heterocycles. The van der Waals surface area contributed by atoms with E-state index in [1.165, 1.54) is 18.7 Å². The van der Waals surface area contributed by atoms with Gasteiger partial charge in [0, 0.05) is 16.8 Å². The van der Waals surface area contributed by atoms with Gasteiger partial charge in [0.25, 0.3) is 0 Å². The molecule has 3 aliphatic heterocycles. The van der Waals surface area contributed by atoms with Crippen LogP contribution in [0.2, 0.25) is 0 Å². The van der Waals surface area contributed by atoms with Gasteiger partial charge in [-0.2, -0.15) is 0 Å². The number of ether oxygens (including phenoxy) is 1. The number of nitrogens with zero attached hydrogens (tertiary/aromatic N) is 2. The highest BCUT2D eigenvalue weighted by Crippen LogP contribution is 2.49. The van der Waals surface area contributed by atoms with E-state index in [1.807, 2.05) is 35.3 Å². The van der Waals surface area contributed by atoms with Crippen molar-refractivity contribution in [1.82, 2.24) is 0 Å². The van der Waals surface area contributed by atoms with Gasteiger partial charge in [-0.3, -0.25) is 19.2 Å². The Morgan fingerprint density at radius 1 is 0.938 bits per heavy atom. The van der Waals surface area contributed by atoms with E-state index < -0.39 is 23.9 Å². The lowest BCUT2D eigenvalue weighted by Crippen LogP contribution is -2.48. The molecule has 162 valence electrons. The Labute approximate surface area is 185 Å². The molecule has 0 spiro atoms. The van der Waals surface area contributed by atoms with E-state index >= 15 is 0 Å². The van der Waals surface area contributed by atoms with Crippen molar-refractivity contribution in [2.45, 2.75) is 25.9 Å². The quantitative estimate of drug-likeness (QED) is 0.548. The van der Waals surface area contributed by atoms with Gasteiger partial charge in [0.2, 0.25) is 11.8 Å². The summed E-state index contributed by atoms with van der Waals surface area (Å²) in [6.07, 6.45) is 3.82. The van der Waals surface area contributed by atoms with Gasteiger partial charge in [-0.1, -0.05) is 12.2 Å². The first kappa shape index (κ1) is 20.2. The van der Waals surface area contributed by atoms with Crippen LogP contribution in [0.15, 0.2) is 48.5 Å². The lowest BCUT2D eigenvalue weighted by Gasteiger charge is -2.36. The molecule has 32 heavy (non-hydrogen) atoms. The summed E-state index contributed by atoms with van der Waals surface area (Å²) in [7, 11) is 1.59. The molecule has 3 aliphatic rings. The fraction of sp³-hybridized carbons (Fsp3) is 0.280. The van der Waals surface area contributed by atoms with E-state index in [0.717, 1.165) is 11.3 Å². The van der Waals surface area contributed by atoms with Crippen LogP contribution >= 0.6 is 0 Å². The highest BCUT2D eigenvalue weighted by molar-refractivity contribution is 6.24. The van der Waals surface area contributed by atoms with Crippen LogP contribution in [0.3, 0.4) is 0 Å². The fourth-order valence-corrected chi connectivity index (χ4v) is 5.24. The van der Waals surface area contributed by atoms with Crippen LogP contribution in [-0.2, 0) is 14.4 Å². The summed E-state index contributed by atoms with van der Waals surface area (Å²) in [5, 5.41) is 0. The molecule has 0 unspecified atom stereocenters. The zero-order chi connectivity index (χ0) is 22.7. The van der Waals surface area contributed by atoms with Crippen molar-refractivity contribution in [3.63, 3.8) is 0 Å². The maximum atomic E-state index is 13.5. The molecule has 2 fully saturated rings. The lowest BCUT2D eigenvalue weighted by atomic mass is 9.88. The first-order valence-electron chi connectivity index (χ1n) is 10.5. The molecule has 0 bridgehead atoms. The number of anilines is 2. The molecule has 0 radical (unpaired) electrons. The van der Waals surface area contributed by atoms with Crippen LogP contribution in [0.25, 0.3) is 6.08 Å². The smallest absolute Gasteiger partial charge is 0.240 e. The lowest BCUT2D eigenvalue weighted by molar-refractivity contribution is -0.126. The number of fused-ring (bicyclic) bond motifs is 5. The number of imide groups is 1. The second-order valence-electron chi connectivity index (χ2n) is 8.40. The molecule has 2 aromatic carbocycles. The Balaban J connectivity index is 1.57. The minimum absolute atomic E-state index is 0.0950. The number of amides is 2. The van der Waals surface area contributed by atoms with Gasteiger partial charge in [0.15, 0.2) is 11.6 Å². The van der Waals surface area contributed by atoms with Crippen molar-refractivity contribution in [1.29, 1.82) is 0 Å². The Morgan fingerprint density at radius 3 is 2.25 bits per heavy atom. The van der Waals surface area contributed by atoms with E-state index in [-0.39, 0.29) is 23.4 Å². The SMILES string of the molecule is COc1ccc2c(c1)C=C[C@@H]1[C@@H]3C(=O)N(c4ccc(C(C)=O)cc4)C(=O)[C@H]3[C@@H](C(C)=O)N21. The summed E-state index contributed by atoms with van der Waals surface area (Å²) in [6.45, 7) is 2.92. The average Bonchev–Trinajstić information content (AvgIpc) is 3.26. The summed E-state index contributed by atoms with van der Waals surface area (Å²) in [4.78, 5) is 54.4. The first-order chi connectivity index (χ1) is 15.3. The maximum Gasteiger partial charge on any atom is 0.240 e. The predicted octanol–water partition coefficient (Wildman–Crippen LogP) is 2.88. The number of rotatable bonds is 4. The number of carbonyl (C=O) groups is 4. The Bertz CT molecular complexity index is 1200. The van der Waals surface area contributed by atoms with Crippen molar-refractivity contribution in [2.75, 3.05) is 16.9 Å². The normalized spacial score (nSPS) is 25.5. The molecule has 7 heteroatoms. The Kier molecular flexibility index (Phi) is 4.51.